The molecule has 0 saturated carbocycles. The fourth-order valence-corrected chi connectivity index (χ4v) is 1.83. The molecule has 0 aliphatic carbocycles. The summed E-state index contributed by atoms with van der Waals surface area (Å²) in [5.41, 5.74) is 0. The second-order valence-corrected chi connectivity index (χ2v) is 4.34. The molecule has 0 aromatic heterocycles. The van der Waals surface area contributed by atoms with Gasteiger partial charge in [-0.2, -0.15) is 0 Å². The molecular weight excluding hydrogens is 286 g/mol. The van der Waals surface area contributed by atoms with Crippen LogP contribution in [0, 0.1) is 0 Å². The Morgan fingerprint density at radius 2 is 1.53 bits per heavy atom. The van der Waals surface area contributed by atoms with Crippen molar-refractivity contribution in [1.29, 1.82) is 0 Å². The summed E-state index contributed by atoms with van der Waals surface area (Å²) in [6, 6.07) is 11.6. The molecular formula is C10H7O3RbS. The van der Waals surface area contributed by atoms with Crippen LogP contribution in [0.1, 0.15) is 0 Å². The zero-order chi connectivity index (χ0) is 10.2. The van der Waals surface area contributed by atoms with Crippen molar-refractivity contribution < 1.29 is 71.2 Å². The third-order valence-electron chi connectivity index (χ3n) is 2.01. The summed E-state index contributed by atoms with van der Waals surface area (Å²) in [7, 11) is -4.34. The molecule has 0 aliphatic heterocycles. The van der Waals surface area contributed by atoms with Crippen LogP contribution in [0.25, 0.3) is 10.8 Å². The predicted octanol–water partition coefficient (Wildman–Crippen LogP) is -1.25. The molecule has 0 spiro atoms. The third kappa shape index (κ3) is 3.18. The SMILES string of the molecule is O=S(=O)([O-])c1ccc2ccccc2c1.[Rb+]. The van der Waals surface area contributed by atoms with Gasteiger partial charge >= 0.3 is 58.2 Å². The summed E-state index contributed by atoms with van der Waals surface area (Å²) in [4.78, 5) is -0.184. The van der Waals surface area contributed by atoms with Gasteiger partial charge in [0.15, 0.2) is 0 Å². The van der Waals surface area contributed by atoms with Crippen LogP contribution in [0.15, 0.2) is 47.4 Å². The van der Waals surface area contributed by atoms with Crippen molar-refractivity contribution in [2.45, 2.75) is 4.90 Å². The molecule has 0 N–H and O–H groups in total. The molecule has 2 aromatic rings. The second kappa shape index (κ2) is 5.16. The van der Waals surface area contributed by atoms with Crippen molar-refractivity contribution in [3.05, 3.63) is 42.5 Å². The van der Waals surface area contributed by atoms with E-state index in [-0.39, 0.29) is 63.1 Å². The number of benzene rings is 2. The predicted molar refractivity (Wildman–Crippen MR) is 51.9 cm³/mol. The van der Waals surface area contributed by atoms with Gasteiger partial charge in [0, 0.05) is 0 Å². The Morgan fingerprint density at radius 3 is 2.13 bits per heavy atom. The van der Waals surface area contributed by atoms with Gasteiger partial charge in [0.05, 0.1) is 4.90 Å². The summed E-state index contributed by atoms with van der Waals surface area (Å²) in [5, 5.41) is 1.67. The van der Waals surface area contributed by atoms with Gasteiger partial charge in [0.1, 0.15) is 10.1 Å². The van der Waals surface area contributed by atoms with Gasteiger partial charge in [-0.05, 0) is 22.9 Å². The summed E-state index contributed by atoms with van der Waals surface area (Å²) < 4.78 is 32.2. The minimum Gasteiger partial charge on any atom is -0.744 e. The first-order valence-corrected chi connectivity index (χ1v) is 5.43. The first-order chi connectivity index (χ1) is 6.57. The second-order valence-electron chi connectivity index (χ2n) is 2.96. The van der Waals surface area contributed by atoms with Gasteiger partial charge in [-0.15, -0.1) is 0 Å². The summed E-state index contributed by atoms with van der Waals surface area (Å²) in [6.07, 6.45) is 0. The van der Waals surface area contributed by atoms with Crippen molar-refractivity contribution in [2.75, 3.05) is 0 Å². The molecule has 0 atom stereocenters. The molecule has 0 aliphatic rings. The van der Waals surface area contributed by atoms with Gasteiger partial charge in [-0.1, -0.05) is 30.3 Å². The van der Waals surface area contributed by atoms with Gasteiger partial charge in [0.2, 0.25) is 0 Å². The van der Waals surface area contributed by atoms with Crippen molar-refractivity contribution in [3.8, 4) is 0 Å². The summed E-state index contributed by atoms with van der Waals surface area (Å²) in [5.74, 6) is 0. The largest absolute Gasteiger partial charge is 1.00 e. The van der Waals surface area contributed by atoms with E-state index in [1.165, 1.54) is 12.1 Å². The molecule has 0 saturated heterocycles. The Balaban J connectivity index is 0.00000112. The van der Waals surface area contributed by atoms with E-state index in [4.69, 9.17) is 0 Å². The molecule has 72 valence electrons. The monoisotopic (exact) mass is 292 g/mol. The van der Waals surface area contributed by atoms with Crippen LogP contribution in [-0.4, -0.2) is 13.0 Å². The first-order valence-electron chi connectivity index (χ1n) is 4.02. The molecule has 2 rings (SSSR count). The van der Waals surface area contributed by atoms with E-state index in [0.29, 0.717) is 0 Å². The van der Waals surface area contributed by atoms with E-state index < -0.39 is 10.1 Å². The number of fused-ring (bicyclic) bond motifs is 1. The van der Waals surface area contributed by atoms with Crippen molar-refractivity contribution in [1.82, 2.24) is 0 Å². The molecule has 0 amide bonds. The van der Waals surface area contributed by atoms with E-state index >= 15 is 0 Å². The fourth-order valence-electron chi connectivity index (χ4n) is 1.32. The van der Waals surface area contributed by atoms with Gasteiger partial charge in [0.25, 0.3) is 0 Å². The average Bonchev–Trinajstić information content (AvgIpc) is 2.16. The molecule has 0 bridgehead atoms. The Labute approximate surface area is 137 Å². The Bertz CT molecular complexity index is 578. The zero-order valence-electron chi connectivity index (χ0n) is 8.17. The minimum atomic E-state index is -4.34. The quantitative estimate of drug-likeness (QED) is 0.617. The maximum atomic E-state index is 10.7. The van der Waals surface area contributed by atoms with Crippen LogP contribution in [0.4, 0.5) is 0 Å². The molecule has 0 unspecified atom stereocenters. The van der Waals surface area contributed by atoms with Gasteiger partial charge in [-0.3, -0.25) is 0 Å². The molecule has 0 heterocycles. The van der Waals surface area contributed by atoms with Crippen LogP contribution >= 0.6 is 0 Å². The van der Waals surface area contributed by atoms with E-state index in [1.54, 1.807) is 18.2 Å². The molecule has 2 aromatic carbocycles. The van der Waals surface area contributed by atoms with Gasteiger partial charge in [-0.25, -0.2) is 8.42 Å². The zero-order valence-corrected chi connectivity index (χ0v) is 13.9. The minimum absolute atomic E-state index is 0. The first kappa shape index (κ1) is 13.5. The van der Waals surface area contributed by atoms with Crippen LogP contribution in [0.3, 0.4) is 0 Å². The maximum absolute atomic E-state index is 10.7. The Kier molecular flexibility index (Phi) is 4.64. The molecule has 3 nitrogen and oxygen atoms in total. The third-order valence-corrected chi connectivity index (χ3v) is 2.84. The smallest absolute Gasteiger partial charge is 0.744 e. The number of hydrogen-bond acceptors (Lipinski definition) is 3. The summed E-state index contributed by atoms with van der Waals surface area (Å²) in [6.45, 7) is 0. The maximum Gasteiger partial charge on any atom is 1.00 e. The Hall–Kier alpha value is 0.415. The average molecular weight is 293 g/mol. The van der Waals surface area contributed by atoms with E-state index in [9.17, 15) is 13.0 Å². The number of hydrogen-bond donors (Lipinski definition) is 0. The molecule has 0 radical (unpaired) electrons. The van der Waals surface area contributed by atoms with E-state index in [2.05, 4.69) is 0 Å². The number of rotatable bonds is 1. The van der Waals surface area contributed by atoms with E-state index in [0.717, 1.165) is 10.8 Å². The van der Waals surface area contributed by atoms with E-state index in [1.807, 2.05) is 12.1 Å². The summed E-state index contributed by atoms with van der Waals surface area (Å²) >= 11 is 0. The van der Waals surface area contributed by atoms with Crippen molar-refractivity contribution >= 4 is 20.9 Å². The molecule has 15 heavy (non-hydrogen) atoms. The Morgan fingerprint density at radius 1 is 0.933 bits per heavy atom. The van der Waals surface area contributed by atoms with Gasteiger partial charge < -0.3 is 4.55 Å². The van der Waals surface area contributed by atoms with Crippen LogP contribution < -0.4 is 58.2 Å². The van der Waals surface area contributed by atoms with Crippen molar-refractivity contribution in [3.63, 3.8) is 0 Å². The normalized spacial score (nSPS) is 11.0. The van der Waals surface area contributed by atoms with Crippen LogP contribution in [0.2, 0.25) is 0 Å². The molecule has 5 heteroatoms. The molecule has 0 fully saturated rings. The van der Waals surface area contributed by atoms with Crippen LogP contribution in [-0.2, 0) is 10.1 Å². The van der Waals surface area contributed by atoms with Crippen molar-refractivity contribution in [2.24, 2.45) is 0 Å². The standard InChI is InChI=1S/C10H8O3S.Rb/c11-14(12,13)10-6-5-8-3-1-2-4-9(8)7-10;/h1-7H,(H,11,12,13);/q;+1/p-1. The van der Waals surface area contributed by atoms with Crippen LogP contribution in [0.5, 0.6) is 0 Å². The topological polar surface area (TPSA) is 57.2 Å². The fraction of sp³-hybridized carbons (Fsp3) is 0.